The number of carbonyl (C=O) groups excluding carboxylic acids is 2. The fraction of sp³-hybridized carbons (Fsp3) is 0.905. The summed E-state index contributed by atoms with van der Waals surface area (Å²) < 4.78 is 44.9. The van der Waals surface area contributed by atoms with Crippen molar-refractivity contribution in [1.82, 2.24) is 9.80 Å². The van der Waals surface area contributed by atoms with Gasteiger partial charge < -0.3 is 9.64 Å². The lowest BCUT2D eigenvalue weighted by atomic mass is 9.86. The van der Waals surface area contributed by atoms with Crippen molar-refractivity contribution in [2.24, 2.45) is 17.3 Å². The molecule has 0 aromatic heterocycles. The topological polar surface area (TPSA) is 49.9 Å². The summed E-state index contributed by atoms with van der Waals surface area (Å²) in [5.74, 6) is -0.374. The van der Waals surface area contributed by atoms with Crippen LogP contribution in [0.4, 0.5) is 13.2 Å². The molecular weight excluding hydrogens is 385 g/mol. The molecule has 5 nitrogen and oxygen atoms in total. The molecule has 0 aromatic carbocycles. The Morgan fingerprint density at radius 3 is 2.28 bits per heavy atom. The highest BCUT2D eigenvalue weighted by Crippen LogP contribution is 2.49. The van der Waals surface area contributed by atoms with Crippen LogP contribution in [0.2, 0.25) is 0 Å². The molecule has 8 heteroatoms. The maximum atomic E-state index is 13.0. The molecule has 3 bridgehead atoms. The summed E-state index contributed by atoms with van der Waals surface area (Å²) >= 11 is 0. The molecular formula is C21H31F3N2O3. The van der Waals surface area contributed by atoms with Gasteiger partial charge >= 0.3 is 12.1 Å². The second-order valence-electron chi connectivity index (χ2n) is 10.3. The standard InChI is InChI=1S/C21H31F3N2O3/c1-20(2,3)19(28)29-18-16-13-6-7-14(26(16)11-12-4-5-12)17(18)25(9-8-13)15(27)10-21(22,23)24/h12-14,16-18H,4-11H2,1-3H3/t13?,14?,16?,17?,18-/m0/s1. The molecule has 0 radical (unpaired) electrons. The van der Waals surface area contributed by atoms with Gasteiger partial charge in [-0.25, -0.2) is 0 Å². The van der Waals surface area contributed by atoms with Gasteiger partial charge in [0.05, 0.1) is 17.5 Å². The smallest absolute Gasteiger partial charge is 0.397 e. The summed E-state index contributed by atoms with van der Waals surface area (Å²) in [5.41, 5.74) is -0.701. The van der Waals surface area contributed by atoms with Crippen molar-refractivity contribution >= 4 is 11.9 Å². The molecule has 4 rings (SSSR count). The van der Waals surface area contributed by atoms with E-state index in [9.17, 15) is 22.8 Å². The molecule has 0 spiro atoms. The number of nitrogens with zero attached hydrogens (tertiary/aromatic N) is 2. The van der Waals surface area contributed by atoms with Gasteiger partial charge in [0.15, 0.2) is 0 Å². The van der Waals surface area contributed by atoms with Gasteiger partial charge in [-0.2, -0.15) is 13.2 Å². The third-order valence-electron chi connectivity index (χ3n) is 6.99. The zero-order valence-corrected chi connectivity index (χ0v) is 17.4. The molecule has 3 saturated heterocycles. The largest absolute Gasteiger partial charge is 0.458 e. The van der Waals surface area contributed by atoms with Crippen molar-refractivity contribution in [3.8, 4) is 0 Å². The van der Waals surface area contributed by atoms with E-state index in [1.54, 1.807) is 20.8 Å². The van der Waals surface area contributed by atoms with Crippen molar-refractivity contribution in [3.63, 3.8) is 0 Å². The molecule has 29 heavy (non-hydrogen) atoms. The first-order valence-electron chi connectivity index (χ1n) is 10.8. The molecule has 3 heterocycles. The monoisotopic (exact) mass is 416 g/mol. The lowest BCUT2D eigenvalue weighted by molar-refractivity contribution is -0.170. The van der Waals surface area contributed by atoms with Crippen LogP contribution >= 0.6 is 0 Å². The summed E-state index contributed by atoms with van der Waals surface area (Å²) in [6.45, 7) is 6.54. The highest BCUT2D eigenvalue weighted by molar-refractivity contribution is 5.78. The Bertz CT molecular complexity index is 671. The van der Waals surface area contributed by atoms with Crippen molar-refractivity contribution in [2.45, 2.75) is 89.7 Å². The lowest BCUT2D eigenvalue weighted by Gasteiger charge is -2.44. The minimum Gasteiger partial charge on any atom is -0.458 e. The average Bonchev–Trinajstić information content (AvgIpc) is 3.34. The second-order valence-corrected chi connectivity index (χ2v) is 10.3. The van der Waals surface area contributed by atoms with Gasteiger partial charge in [0.2, 0.25) is 5.91 Å². The molecule has 4 aliphatic rings. The van der Waals surface area contributed by atoms with Crippen molar-refractivity contribution < 1.29 is 27.5 Å². The van der Waals surface area contributed by atoms with Crippen LogP contribution in [0.15, 0.2) is 0 Å². The van der Waals surface area contributed by atoms with E-state index < -0.39 is 36.1 Å². The van der Waals surface area contributed by atoms with E-state index in [-0.39, 0.29) is 24.0 Å². The first kappa shape index (κ1) is 20.9. The minimum atomic E-state index is -4.54. The third kappa shape index (κ3) is 4.14. The van der Waals surface area contributed by atoms with Gasteiger partial charge in [0.1, 0.15) is 12.5 Å². The van der Waals surface area contributed by atoms with Gasteiger partial charge in [-0.15, -0.1) is 0 Å². The number of esters is 1. The van der Waals surface area contributed by atoms with Gasteiger partial charge in [0.25, 0.3) is 0 Å². The van der Waals surface area contributed by atoms with Crippen LogP contribution in [-0.2, 0) is 14.3 Å². The molecule has 1 saturated carbocycles. The van der Waals surface area contributed by atoms with Gasteiger partial charge in [0, 0.05) is 19.1 Å². The van der Waals surface area contributed by atoms with E-state index in [1.807, 2.05) is 0 Å². The molecule has 3 aliphatic heterocycles. The first-order chi connectivity index (χ1) is 13.5. The third-order valence-corrected chi connectivity index (χ3v) is 6.99. The highest BCUT2D eigenvalue weighted by Gasteiger charge is 2.61. The normalized spacial score (nSPS) is 35.0. The van der Waals surface area contributed by atoms with Crippen LogP contribution in [-0.4, -0.2) is 65.2 Å². The maximum absolute atomic E-state index is 13.0. The van der Waals surface area contributed by atoms with E-state index in [1.165, 1.54) is 17.7 Å². The van der Waals surface area contributed by atoms with Gasteiger partial charge in [-0.1, -0.05) is 0 Å². The van der Waals surface area contributed by atoms with Crippen LogP contribution in [0, 0.1) is 17.3 Å². The number of ether oxygens (including phenoxy) is 1. The molecule has 5 atom stereocenters. The minimum absolute atomic E-state index is 0.00865. The van der Waals surface area contributed by atoms with Crippen LogP contribution in [0.1, 0.15) is 59.3 Å². The van der Waals surface area contributed by atoms with E-state index in [4.69, 9.17) is 4.74 Å². The van der Waals surface area contributed by atoms with Crippen molar-refractivity contribution in [1.29, 1.82) is 0 Å². The van der Waals surface area contributed by atoms with Crippen molar-refractivity contribution in [2.75, 3.05) is 13.1 Å². The molecule has 4 unspecified atom stereocenters. The number of rotatable bonds is 4. The Balaban J connectivity index is 1.66. The Labute approximate surface area is 169 Å². The van der Waals surface area contributed by atoms with Gasteiger partial charge in [-0.3, -0.25) is 14.5 Å². The lowest BCUT2D eigenvalue weighted by Crippen LogP contribution is -2.55. The van der Waals surface area contributed by atoms with E-state index >= 15 is 0 Å². The summed E-state index contributed by atoms with van der Waals surface area (Å²) in [6, 6.07) is -0.492. The van der Waals surface area contributed by atoms with Crippen LogP contribution in [0.5, 0.6) is 0 Å². The fourth-order valence-electron chi connectivity index (χ4n) is 5.47. The Hall–Kier alpha value is -1.31. The quantitative estimate of drug-likeness (QED) is 0.660. The second kappa shape index (κ2) is 7.13. The zero-order valence-electron chi connectivity index (χ0n) is 17.4. The van der Waals surface area contributed by atoms with E-state index in [0.29, 0.717) is 18.9 Å². The van der Waals surface area contributed by atoms with E-state index in [2.05, 4.69) is 4.90 Å². The molecule has 164 valence electrons. The number of carbonyl (C=O) groups is 2. The average molecular weight is 416 g/mol. The zero-order chi connectivity index (χ0) is 21.1. The number of hydrogen-bond acceptors (Lipinski definition) is 4. The molecule has 4 fully saturated rings. The summed E-state index contributed by atoms with van der Waals surface area (Å²) in [6.07, 6.45) is -1.68. The predicted molar refractivity (Wildman–Crippen MR) is 99.9 cm³/mol. The number of hydrogen-bond donors (Lipinski definition) is 0. The van der Waals surface area contributed by atoms with Gasteiger partial charge in [-0.05, 0) is 64.7 Å². The summed E-state index contributed by atoms with van der Waals surface area (Å²) in [5, 5.41) is 0. The molecule has 1 amide bonds. The SMILES string of the molecule is CC(C)(C)C(=O)O[C@@H]1C2C3CCC(CCN2C(=O)CC(F)(F)F)C1N3CC1CC1. The number of halogens is 3. The number of alkyl halides is 3. The number of piperidine rings is 1. The molecule has 0 aromatic rings. The Morgan fingerprint density at radius 1 is 1.00 bits per heavy atom. The Kier molecular flexibility index (Phi) is 5.15. The number of amides is 1. The fourth-order valence-corrected chi connectivity index (χ4v) is 5.47. The number of fused-ring (bicyclic) bond motifs is 3. The number of likely N-dealkylation sites (tertiary alicyclic amines) is 1. The predicted octanol–water partition coefficient (Wildman–Crippen LogP) is 3.37. The maximum Gasteiger partial charge on any atom is 0.397 e. The summed E-state index contributed by atoms with van der Waals surface area (Å²) in [4.78, 5) is 29.1. The van der Waals surface area contributed by atoms with Crippen molar-refractivity contribution in [3.05, 3.63) is 0 Å². The van der Waals surface area contributed by atoms with Crippen LogP contribution in [0.25, 0.3) is 0 Å². The first-order valence-corrected chi connectivity index (χ1v) is 10.8. The molecule has 1 aliphatic carbocycles. The molecule has 0 N–H and O–H groups in total. The van der Waals surface area contributed by atoms with Crippen LogP contribution < -0.4 is 0 Å². The van der Waals surface area contributed by atoms with Crippen LogP contribution in [0.3, 0.4) is 0 Å². The van der Waals surface area contributed by atoms with E-state index in [0.717, 1.165) is 19.4 Å². The highest BCUT2D eigenvalue weighted by atomic mass is 19.4. The summed E-state index contributed by atoms with van der Waals surface area (Å²) in [7, 11) is 0. The Morgan fingerprint density at radius 2 is 1.69 bits per heavy atom.